The highest BCUT2D eigenvalue weighted by molar-refractivity contribution is 7.86. The maximum atomic E-state index is 14.4. The van der Waals surface area contributed by atoms with Crippen LogP contribution in [0.2, 0.25) is 0 Å². The largest absolute Gasteiger partial charge is 0.394 e. The first-order chi connectivity index (χ1) is 10.1. The van der Waals surface area contributed by atoms with Gasteiger partial charge in [0.25, 0.3) is 10.1 Å². The van der Waals surface area contributed by atoms with Crippen LogP contribution < -0.4 is 11.4 Å². The zero-order chi connectivity index (χ0) is 16.7. The molecule has 1 aromatic heterocycles. The Morgan fingerprint density at radius 1 is 1.59 bits per heavy atom. The maximum absolute atomic E-state index is 14.4. The van der Waals surface area contributed by atoms with Gasteiger partial charge >= 0.3 is 11.6 Å². The lowest BCUT2D eigenvalue weighted by Gasteiger charge is -2.23. The van der Waals surface area contributed by atoms with Crippen LogP contribution in [-0.2, 0) is 19.0 Å². The van der Waals surface area contributed by atoms with Crippen molar-refractivity contribution >= 4 is 15.9 Å². The SMILES string of the molecule is CS(=O)(=O)O[C@@H]1[C@@H](CO)O[C@@H](n2ccc(N)nc2=O)C1(F)F. The summed E-state index contributed by atoms with van der Waals surface area (Å²) in [6, 6.07) is 1.10. The molecule has 3 atom stereocenters. The average Bonchev–Trinajstić information content (AvgIpc) is 2.60. The minimum atomic E-state index is -4.24. The van der Waals surface area contributed by atoms with E-state index in [0.717, 1.165) is 12.3 Å². The number of alkyl halides is 2. The number of aromatic nitrogens is 2. The molecule has 0 saturated carbocycles. The highest BCUT2D eigenvalue weighted by Gasteiger charge is 2.62. The number of halogens is 2. The van der Waals surface area contributed by atoms with E-state index in [9.17, 15) is 22.0 Å². The minimum absolute atomic E-state index is 0.176. The lowest BCUT2D eigenvalue weighted by atomic mass is 10.1. The Morgan fingerprint density at radius 3 is 2.73 bits per heavy atom. The molecule has 1 aromatic rings. The van der Waals surface area contributed by atoms with Crippen LogP contribution in [-0.4, -0.2) is 54.1 Å². The van der Waals surface area contributed by atoms with Crippen LogP contribution >= 0.6 is 0 Å². The number of anilines is 1. The van der Waals surface area contributed by atoms with Gasteiger partial charge in [0.1, 0.15) is 11.9 Å². The number of hydrogen-bond donors (Lipinski definition) is 2. The smallest absolute Gasteiger partial charge is 0.351 e. The van der Waals surface area contributed by atoms with Gasteiger partial charge in [0, 0.05) is 6.20 Å². The third-order valence-corrected chi connectivity index (χ3v) is 3.47. The van der Waals surface area contributed by atoms with Crippen molar-refractivity contribution in [3.8, 4) is 0 Å². The molecule has 0 aliphatic carbocycles. The molecule has 1 saturated heterocycles. The van der Waals surface area contributed by atoms with E-state index in [1.54, 1.807) is 0 Å². The first-order valence-corrected chi connectivity index (χ1v) is 7.75. The number of aliphatic hydroxyl groups excluding tert-OH is 1. The Morgan fingerprint density at radius 2 is 2.23 bits per heavy atom. The molecular formula is C10H13F2N3O6S. The van der Waals surface area contributed by atoms with Crippen molar-refractivity contribution in [3.05, 3.63) is 22.7 Å². The Kier molecular flexibility index (Phi) is 4.21. The second kappa shape index (κ2) is 5.53. The fourth-order valence-electron chi connectivity index (χ4n) is 2.02. The van der Waals surface area contributed by atoms with Gasteiger partial charge in [-0.25, -0.2) is 4.79 Å². The van der Waals surface area contributed by atoms with Crippen molar-refractivity contribution in [1.29, 1.82) is 0 Å². The molecule has 3 N–H and O–H groups in total. The lowest BCUT2D eigenvalue weighted by molar-refractivity contribution is -0.136. The minimum Gasteiger partial charge on any atom is -0.394 e. The van der Waals surface area contributed by atoms with Crippen molar-refractivity contribution in [1.82, 2.24) is 9.55 Å². The molecule has 0 radical (unpaired) electrons. The zero-order valence-corrected chi connectivity index (χ0v) is 12.0. The third kappa shape index (κ3) is 3.09. The summed E-state index contributed by atoms with van der Waals surface area (Å²) in [5, 5.41) is 9.09. The molecule has 12 heteroatoms. The van der Waals surface area contributed by atoms with E-state index in [-0.39, 0.29) is 5.82 Å². The summed E-state index contributed by atoms with van der Waals surface area (Å²) in [6.07, 6.45) is -4.58. The summed E-state index contributed by atoms with van der Waals surface area (Å²) in [4.78, 5) is 14.9. The fraction of sp³-hybridized carbons (Fsp3) is 0.600. The van der Waals surface area contributed by atoms with Gasteiger partial charge in [0.2, 0.25) is 6.23 Å². The molecule has 1 aliphatic rings. The van der Waals surface area contributed by atoms with E-state index in [1.807, 2.05) is 0 Å². The molecular weight excluding hydrogens is 328 g/mol. The standard InChI is InChI=1S/C10H13F2N3O6S/c1-22(18,19)21-7-5(4-16)20-8(10(7,11)12)15-3-2-6(13)14-9(15)17/h2-3,5,7-8,16H,4H2,1H3,(H2,13,14,17)/t5-,7-,8-/m1/s1. The average molecular weight is 341 g/mol. The predicted molar refractivity (Wildman–Crippen MR) is 68.6 cm³/mol. The van der Waals surface area contributed by atoms with Crippen molar-refractivity contribution in [2.45, 2.75) is 24.4 Å². The van der Waals surface area contributed by atoms with Gasteiger partial charge < -0.3 is 15.6 Å². The van der Waals surface area contributed by atoms with Crippen LogP contribution in [0, 0.1) is 0 Å². The summed E-state index contributed by atoms with van der Waals surface area (Å²) in [5.41, 5.74) is 4.15. The Hall–Kier alpha value is -1.63. The van der Waals surface area contributed by atoms with Gasteiger partial charge in [-0.1, -0.05) is 0 Å². The van der Waals surface area contributed by atoms with Crippen LogP contribution in [0.4, 0.5) is 14.6 Å². The quantitative estimate of drug-likeness (QED) is 0.645. The molecule has 124 valence electrons. The topological polar surface area (TPSA) is 134 Å². The second-order valence-corrected chi connectivity index (χ2v) is 6.25. The molecule has 0 unspecified atom stereocenters. The van der Waals surface area contributed by atoms with Gasteiger partial charge in [0.05, 0.1) is 12.9 Å². The molecule has 2 rings (SSSR count). The molecule has 2 heterocycles. The first kappa shape index (κ1) is 16.7. The van der Waals surface area contributed by atoms with Crippen LogP contribution in [0.3, 0.4) is 0 Å². The molecule has 0 spiro atoms. The molecule has 0 aromatic carbocycles. The number of rotatable bonds is 4. The summed E-state index contributed by atoms with van der Waals surface area (Å²) in [5.74, 6) is -4.08. The number of hydrogen-bond acceptors (Lipinski definition) is 8. The van der Waals surface area contributed by atoms with Gasteiger partial charge in [-0.3, -0.25) is 8.75 Å². The van der Waals surface area contributed by atoms with E-state index in [4.69, 9.17) is 15.6 Å². The lowest BCUT2D eigenvalue weighted by Crippen LogP contribution is -2.44. The number of ether oxygens (including phenoxy) is 1. The highest BCUT2D eigenvalue weighted by Crippen LogP contribution is 2.44. The van der Waals surface area contributed by atoms with E-state index in [1.165, 1.54) is 0 Å². The summed E-state index contributed by atoms with van der Waals surface area (Å²) in [6.45, 7) is -0.927. The van der Waals surface area contributed by atoms with E-state index < -0.39 is 46.8 Å². The van der Waals surface area contributed by atoms with Gasteiger partial charge in [-0.2, -0.15) is 22.2 Å². The maximum Gasteiger partial charge on any atom is 0.351 e. The van der Waals surface area contributed by atoms with Crippen LogP contribution in [0.25, 0.3) is 0 Å². The number of aliphatic hydroxyl groups is 1. The zero-order valence-electron chi connectivity index (χ0n) is 11.2. The molecule has 0 bridgehead atoms. The molecule has 9 nitrogen and oxygen atoms in total. The number of nitrogens with two attached hydrogens (primary N) is 1. The summed E-state index contributed by atoms with van der Waals surface area (Å²) < 4.78 is 60.6. The van der Waals surface area contributed by atoms with Crippen molar-refractivity contribution in [3.63, 3.8) is 0 Å². The Labute approximate surface area is 123 Å². The summed E-state index contributed by atoms with van der Waals surface area (Å²) >= 11 is 0. The van der Waals surface area contributed by atoms with E-state index in [2.05, 4.69) is 9.17 Å². The highest BCUT2D eigenvalue weighted by atomic mass is 32.2. The van der Waals surface area contributed by atoms with Gasteiger partial charge in [0.15, 0.2) is 6.10 Å². The summed E-state index contributed by atoms with van der Waals surface area (Å²) in [7, 11) is -4.24. The van der Waals surface area contributed by atoms with E-state index >= 15 is 0 Å². The van der Waals surface area contributed by atoms with Gasteiger partial charge in [-0.05, 0) is 6.07 Å². The molecule has 1 fully saturated rings. The van der Waals surface area contributed by atoms with Crippen LogP contribution in [0.1, 0.15) is 6.23 Å². The second-order valence-electron chi connectivity index (χ2n) is 4.65. The van der Waals surface area contributed by atoms with Crippen molar-refractivity contribution in [2.75, 3.05) is 18.6 Å². The van der Waals surface area contributed by atoms with Crippen LogP contribution in [0.5, 0.6) is 0 Å². The predicted octanol–water partition coefficient (Wildman–Crippen LogP) is -1.30. The van der Waals surface area contributed by atoms with Gasteiger partial charge in [-0.15, -0.1) is 0 Å². The Balaban J connectivity index is 2.44. The number of nitrogens with zero attached hydrogens (tertiary/aromatic N) is 2. The molecule has 0 amide bonds. The molecule has 1 aliphatic heterocycles. The molecule has 22 heavy (non-hydrogen) atoms. The van der Waals surface area contributed by atoms with Crippen molar-refractivity contribution in [2.24, 2.45) is 0 Å². The number of nitrogen functional groups attached to an aromatic ring is 1. The Bertz CT molecular complexity index is 722. The van der Waals surface area contributed by atoms with Crippen molar-refractivity contribution < 1.29 is 31.2 Å². The van der Waals surface area contributed by atoms with Crippen LogP contribution in [0.15, 0.2) is 17.1 Å². The van der Waals surface area contributed by atoms with E-state index in [0.29, 0.717) is 10.8 Å². The normalized spacial score (nSPS) is 27.9. The monoisotopic (exact) mass is 341 g/mol. The third-order valence-electron chi connectivity index (χ3n) is 2.91. The fourth-order valence-corrected chi connectivity index (χ4v) is 2.65. The first-order valence-electron chi connectivity index (χ1n) is 5.93.